The van der Waals surface area contributed by atoms with Crippen molar-refractivity contribution in [1.82, 2.24) is 15.1 Å². The second-order valence-corrected chi connectivity index (χ2v) is 7.38. The molecule has 26 heavy (non-hydrogen) atoms. The number of ether oxygens (including phenoxy) is 2. The monoisotopic (exact) mass is 375 g/mol. The van der Waals surface area contributed by atoms with Crippen molar-refractivity contribution in [3.63, 3.8) is 0 Å². The number of nitrogens with zero attached hydrogens (tertiary/aromatic N) is 3. The van der Waals surface area contributed by atoms with Gasteiger partial charge in [-0.1, -0.05) is 11.8 Å². The van der Waals surface area contributed by atoms with Gasteiger partial charge in [-0.25, -0.2) is 0 Å². The van der Waals surface area contributed by atoms with Gasteiger partial charge in [-0.3, -0.25) is 4.79 Å². The van der Waals surface area contributed by atoms with E-state index in [-0.39, 0.29) is 5.91 Å². The topological polar surface area (TPSA) is 77.7 Å². The normalized spacial score (nSPS) is 19.4. The first-order valence-electron chi connectivity index (χ1n) is 8.86. The maximum Gasteiger partial charge on any atom is 0.277 e. The van der Waals surface area contributed by atoms with Crippen LogP contribution in [0.2, 0.25) is 0 Å². The van der Waals surface area contributed by atoms with E-state index in [9.17, 15) is 4.79 Å². The number of likely N-dealkylation sites (tertiary alicyclic amines) is 1. The number of hydrogen-bond acceptors (Lipinski definition) is 7. The summed E-state index contributed by atoms with van der Waals surface area (Å²) in [5, 5.41) is 8.52. The van der Waals surface area contributed by atoms with Crippen LogP contribution in [0.5, 0.6) is 11.5 Å². The molecule has 0 spiro atoms. The van der Waals surface area contributed by atoms with Crippen LogP contribution in [0.1, 0.15) is 26.2 Å². The lowest BCUT2D eigenvalue weighted by molar-refractivity contribution is -0.131. The van der Waals surface area contributed by atoms with Crippen LogP contribution in [0, 0.1) is 0 Å². The Morgan fingerprint density at radius 3 is 2.92 bits per heavy atom. The molecular weight excluding hydrogens is 354 g/mol. The zero-order valence-corrected chi connectivity index (χ0v) is 15.5. The van der Waals surface area contributed by atoms with E-state index in [1.807, 2.05) is 23.1 Å². The van der Waals surface area contributed by atoms with Gasteiger partial charge in [-0.2, -0.15) is 0 Å². The van der Waals surface area contributed by atoms with Crippen LogP contribution in [0.4, 0.5) is 0 Å². The number of rotatable bonds is 4. The number of carbonyl (C=O) groups is 1. The van der Waals surface area contributed by atoms with Gasteiger partial charge in [0.1, 0.15) is 13.2 Å². The fourth-order valence-corrected chi connectivity index (χ4v) is 3.89. The Hall–Kier alpha value is -2.22. The highest BCUT2D eigenvalue weighted by molar-refractivity contribution is 7.99. The van der Waals surface area contributed by atoms with Crippen molar-refractivity contribution >= 4 is 17.7 Å². The van der Waals surface area contributed by atoms with Crippen molar-refractivity contribution in [2.45, 2.75) is 37.5 Å². The van der Waals surface area contributed by atoms with Crippen LogP contribution in [0.25, 0.3) is 11.5 Å². The third-order valence-corrected chi connectivity index (χ3v) is 5.44. The molecule has 3 heterocycles. The first-order valence-corrected chi connectivity index (χ1v) is 9.85. The van der Waals surface area contributed by atoms with E-state index in [2.05, 4.69) is 17.1 Å². The molecule has 4 rings (SSSR count). The predicted octanol–water partition coefficient (Wildman–Crippen LogP) is 3.00. The highest BCUT2D eigenvalue weighted by atomic mass is 32.2. The van der Waals surface area contributed by atoms with Crippen molar-refractivity contribution in [2.24, 2.45) is 0 Å². The first kappa shape index (κ1) is 17.2. The number of aromatic nitrogens is 2. The second kappa shape index (κ2) is 7.57. The highest BCUT2D eigenvalue weighted by Crippen LogP contribution is 2.34. The van der Waals surface area contributed by atoms with E-state index >= 15 is 0 Å². The van der Waals surface area contributed by atoms with Gasteiger partial charge in [0.15, 0.2) is 11.5 Å². The van der Waals surface area contributed by atoms with E-state index in [0.29, 0.717) is 41.9 Å². The summed E-state index contributed by atoms with van der Waals surface area (Å²) in [4.78, 5) is 14.4. The number of carbonyl (C=O) groups excluding carboxylic acids is 1. The molecule has 2 aliphatic rings. The van der Waals surface area contributed by atoms with Crippen molar-refractivity contribution in [2.75, 3.05) is 25.5 Å². The Labute approximate surface area is 156 Å². The van der Waals surface area contributed by atoms with Gasteiger partial charge in [0.05, 0.1) is 5.75 Å². The summed E-state index contributed by atoms with van der Waals surface area (Å²) in [5.41, 5.74) is 0.768. The van der Waals surface area contributed by atoms with Gasteiger partial charge in [0.2, 0.25) is 11.8 Å². The SMILES string of the molecule is C[C@@H]1CCCCN1C(=O)CSc1nnc(-c2ccc3c(c2)OCCO3)o1. The zero-order valence-electron chi connectivity index (χ0n) is 14.6. The Kier molecular flexibility index (Phi) is 5.01. The quantitative estimate of drug-likeness (QED) is 0.760. The summed E-state index contributed by atoms with van der Waals surface area (Å²) in [5.74, 6) is 2.24. The summed E-state index contributed by atoms with van der Waals surface area (Å²) < 4.78 is 16.8. The van der Waals surface area contributed by atoms with Crippen molar-refractivity contribution in [3.05, 3.63) is 18.2 Å². The molecule has 8 heteroatoms. The van der Waals surface area contributed by atoms with Crippen LogP contribution in [-0.4, -0.2) is 52.6 Å². The minimum atomic E-state index is 0.126. The van der Waals surface area contributed by atoms with E-state index in [4.69, 9.17) is 13.9 Å². The predicted molar refractivity (Wildman–Crippen MR) is 96.5 cm³/mol. The van der Waals surface area contributed by atoms with E-state index in [1.54, 1.807) is 0 Å². The molecule has 1 amide bonds. The maximum atomic E-state index is 12.4. The molecule has 1 atom stereocenters. The molecule has 1 aromatic heterocycles. The van der Waals surface area contributed by atoms with Crippen LogP contribution in [-0.2, 0) is 4.79 Å². The fourth-order valence-electron chi connectivity index (χ4n) is 3.24. The lowest BCUT2D eigenvalue weighted by Gasteiger charge is -2.33. The number of amides is 1. The molecule has 2 aliphatic heterocycles. The van der Waals surface area contributed by atoms with Crippen LogP contribution in [0.15, 0.2) is 27.8 Å². The second-order valence-electron chi connectivity index (χ2n) is 6.45. The zero-order chi connectivity index (χ0) is 17.9. The Morgan fingerprint density at radius 1 is 1.23 bits per heavy atom. The van der Waals surface area contributed by atoms with Gasteiger partial charge >= 0.3 is 0 Å². The first-order chi connectivity index (χ1) is 12.7. The van der Waals surface area contributed by atoms with Crippen molar-refractivity contribution in [3.8, 4) is 23.0 Å². The molecule has 0 saturated carbocycles. The minimum Gasteiger partial charge on any atom is -0.486 e. The smallest absolute Gasteiger partial charge is 0.277 e. The van der Waals surface area contributed by atoms with Gasteiger partial charge in [-0.05, 0) is 44.4 Å². The third-order valence-electron chi connectivity index (χ3n) is 4.64. The Bertz CT molecular complexity index is 794. The summed E-state index contributed by atoms with van der Waals surface area (Å²) in [6.07, 6.45) is 3.35. The average Bonchev–Trinajstić information content (AvgIpc) is 3.15. The number of thioether (sulfide) groups is 1. The summed E-state index contributed by atoms with van der Waals surface area (Å²) in [6, 6.07) is 5.84. The maximum absolute atomic E-state index is 12.4. The summed E-state index contributed by atoms with van der Waals surface area (Å²) in [6.45, 7) is 4.02. The number of benzene rings is 1. The number of piperidine rings is 1. The standard InChI is InChI=1S/C18H21N3O4S/c1-12-4-2-3-7-21(12)16(22)11-26-18-20-19-17(25-18)13-5-6-14-15(10-13)24-9-8-23-14/h5-6,10,12H,2-4,7-9,11H2,1H3/t12-/m1/s1. The number of fused-ring (bicyclic) bond motifs is 1. The molecule has 0 N–H and O–H groups in total. The fraction of sp³-hybridized carbons (Fsp3) is 0.500. The molecule has 0 unspecified atom stereocenters. The molecule has 7 nitrogen and oxygen atoms in total. The molecular formula is C18H21N3O4S. The molecule has 1 fully saturated rings. The highest BCUT2D eigenvalue weighted by Gasteiger charge is 2.24. The molecule has 138 valence electrons. The summed E-state index contributed by atoms with van der Waals surface area (Å²) >= 11 is 1.28. The van der Waals surface area contributed by atoms with Crippen molar-refractivity contribution < 1.29 is 18.7 Å². The lowest BCUT2D eigenvalue weighted by atomic mass is 10.0. The molecule has 1 saturated heterocycles. The lowest BCUT2D eigenvalue weighted by Crippen LogP contribution is -2.42. The van der Waals surface area contributed by atoms with Gasteiger partial charge < -0.3 is 18.8 Å². The van der Waals surface area contributed by atoms with E-state index in [1.165, 1.54) is 18.2 Å². The largest absolute Gasteiger partial charge is 0.486 e. The molecule has 1 aromatic carbocycles. The Morgan fingerprint density at radius 2 is 2.08 bits per heavy atom. The molecule has 0 bridgehead atoms. The van der Waals surface area contributed by atoms with Crippen LogP contribution in [0.3, 0.4) is 0 Å². The summed E-state index contributed by atoms with van der Waals surface area (Å²) in [7, 11) is 0. The third kappa shape index (κ3) is 3.65. The van der Waals surface area contributed by atoms with Crippen LogP contribution >= 0.6 is 11.8 Å². The van der Waals surface area contributed by atoms with E-state index in [0.717, 1.165) is 30.7 Å². The molecule has 0 aliphatic carbocycles. The number of hydrogen-bond donors (Lipinski definition) is 0. The van der Waals surface area contributed by atoms with Crippen LogP contribution < -0.4 is 9.47 Å². The Balaban J connectivity index is 1.39. The van der Waals surface area contributed by atoms with Crippen molar-refractivity contribution in [1.29, 1.82) is 0 Å². The molecule has 2 aromatic rings. The van der Waals surface area contributed by atoms with Gasteiger partial charge in [-0.15, -0.1) is 10.2 Å². The average molecular weight is 375 g/mol. The minimum absolute atomic E-state index is 0.126. The van der Waals surface area contributed by atoms with Gasteiger partial charge in [0, 0.05) is 18.2 Å². The van der Waals surface area contributed by atoms with E-state index < -0.39 is 0 Å². The van der Waals surface area contributed by atoms with Gasteiger partial charge in [0.25, 0.3) is 5.22 Å². The molecule has 0 radical (unpaired) electrons.